The molecule has 3 aromatic rings. The van der Waals surface area contributed by atoms with Gasteiger partial charge in [-0.15, -0.1) is 10.2 Å². The normalized spacial score (nSPS) is 15.4. The zero-order valence-corrected chi connectivity index (χ0v) is 20.3. The Labute approximate surface area is 199 Å². The van der Waals surface area contributed by atoms with Crippen LogP contribution in [0.4, 0.5) is 0 Å². The lowest BCUT2D eigenvalue weighted by Crippen LogP contribution is -2.50. The summed E-state index contributed by atoms with van der Waals surface area (Å²) in [6, 6.07) is 17.9. The van der Waals surface area contributed by atoms with Crippen LogP contribution in [0.1, 0.15) is 25.2 Å². The van der Waals surface area contributed by atoms with Gasteiger partial charge in [0.15, 0.2) is 11.0 Å². The SMILES string of the molecule is CCN1CCN(C(=O)C(C)Sc2nnc(COc3ccccc3C)n2-c2ccccc2)CC1. The number of benzene rings is 2. The summed E-state index contributed by atoms with van der Waals surface area (Å²) in [4.78, 5) is 17.4. The highest BCUT2D eigenvalue weighted by molar-refractivity contribution is 8.00. The van der Waals surface area contributed by atoms with Gasteiger partial charge < -0.3 is 14.5 Å². The van der Waals surface area contributed by atoms with Gasteiger partial charge in [-0.25, -0.2) is 0 Å². The van der Waals surface area contributed by atoms with Crippen LogP contribution in [-0.4, -0.2) is 68.4 Å². The largest absolute Gasteiger partial charge is 0.485 e. The van der Waals surface area contributed by atoms with Gasteiger partial charge in [-0.1, -0.05) is 55.1 Å². The van der Waals surface area contributed by atoms with Crippen molar-refractivity contribution >= 4 is 17.7 Å². The number of aryl methyl sites for hydroxylation is 1. The number of carbonyl (C=O) groups is 1. The molecule has 0 aliphatic carbocycles. The van der Waals surface area contributed by atoms with E-state index in [1.54, 1.807) is 0 Å². The van der Waals surface area contributed by atoms with Gasteiger partial charge in [-0.3, -0.25) is 9.36 Å². The highest BCUT2D eigenvalue weighted by atomic mass is 32.2. The number of ether oxygens (including phenoxy) is 1. The number of hydrogen-bond donors (Lipinski definition) is 0. The maximum atomic E-state index is 13.1. The van der Waals surface area contributed by atoms with E-state index in [0.717, 1.165) is 49.7 Å². The molecule has 1 amide bonds. The molecule has 33 heavy (non-hydrogen) atoms. The second kappa shape index (κ2) is 10.9. The topological polar surface area (TPSA) is 63.5 Å². The number of piperazine rings is 1. The van der Waals surface area contributed by atoms with E-state index in [1.807, 2.05) is 77.9 Å². The highest BCUT2D eigenvalue weighted by Crippen LogP contribution is 2.28. The molecule has 1 aliphatic rings. The summed E-state index contributed by atoms with van der Waals surface area (Å²) in [7, 11) is 0. The smallest absolute Gasteiger partial charge is 0.235 e. The minimum Gasteiger partial charge on any atom is -0.485 e. The van der Waals surface area contributed by atoms with E-state index in [4.69, 9.17) is 4.74 Å². The van der Waals surface area contributed by atoms with Crippen molar-refractivity contribution in [1.82, 2.24) is 24.6 Å². The van der Waals surface area contributed by atoms with Crippen molar-refractivity contribution in [3.8, 4) is 11.4 Å². The minimum atomic E-state index is -0.255. The van der Waals surface area contributed by atoms with E-state index in [2.05, 4.69) is 22.0 Å². The monoisotopic (exact) mass is 465 g/mol. The van der Waals surface area contributed by atoms with Crippen molar-refractivity contribution in [3.63, 3.8) is 0 Å². The van der Waals surface area contributed by atoms with Gasteiger partial charge in [0.25, 0.3) is 0 Å². The molecular weight excluding hydrogens is 434 g/mol. The maximum Gasteiger partial charge on any atom is 0.235 e. The molecular formula is C25H31N5O2S. The average Bonchev–Trinajstić information content (AvgIpc) is 3.25. The number of amides is 1. The molecule has 1 fully saturated rings. The summed E-state index contributed by atoms with van der Waals surface area (Å²) in [6.07, 6.45) is 0. The number of thioether (sulfide) groups is 1. The molecule has 0 saturated carbocycles. The van der Waals surface area contributed by atoms with Gasteiger partial charge >= 0.3 is 0 Å². The maximum absolute atomic E-state index is 13.1. The predicted octanol–water partition coefficient (Wildman–Crippen LogP) is 3.80. The summed E-state index contributed by atoms with van der Waals surface area (Å²) in [5.74, 6) is 1.67. The lowest BCUT2D eigenvalue weighted by Gasteiger charge is -2.35. The highest BCUT2D eigenvalue weighted by Gasteiger charge is 2.27. The number of para-hydroxylation sites is 2. The second-order valence-corrected chi connectivity index (χ2v) is 9.45. The summed E-state index contributed by atoms with van der Waals surface area (Å²) in [6.45, 7) is 10.9. The number of nitrogens with zero attached hydrogens (tertiary/aromatic N) is 5. The van der Waals surface area contributed by atoms with Crippen molar-refractivity contribution in [2.24, 2.45) is 0 Å². The Balaban J connectivity index is 1.51. The molecule has 1 unspecified atom stereocenters. The lowest BCUT2D eigenvalue weighted by molar-refractivity contribution is -0.132. The lowest BCUT2D eigenvalue weighted by atomic mass is 10.2. The Morgan fingerprint density at radius 3 is 2.42 bits per heavy atom. The van der Waals surface area contributed by atoms with Crippen LogP contribution in [0.15, 0.2) is 59.8 Å². The zero-order chi connectivity index (χ0) is 23.2. The molecule has 1 saturated heterocycles. The third-order valence-electron chi connectivity index (χ3n) is 5.93. The van der Waals surface area contributed by atoms with Crippen LogP contribution < -0.4 is 4.74 Å². The van der Waals surface area contributed by atoms with Crippen LogP contribution in [0.2, 0.25) is 0 Å². The van der Waals surface area contributed by atoms with Crippen molar-refractivity contribution in [3.05, 3.63) is 66.0 Å². The first-order chi connectivity index (χ1) is 16.1. The Kier molecular flexibility index (Phi) is 7.67. The van der Waals surface area contributed by atoms with Crippen LogP contribution in [0.5, 0.6) is 5.75 Å². The van der Waals surface area contributed by atoms with Crippen LogP contribution in [0, 0.1) is 6.92 Å². The van der Waals surface area contributed by atoms with Gasteiger partial charge in [0.05, 0.1) is 5.25 Å². The van der Waals surface area contributed by atoms with Crippen LogP contribution in [0.25, 0.3) is 5.69 Å². The first-order valence-electron chi connectivity index (χ1n) is 11.4. The van der Waals surface area contributed by atoms with Gasteiger partial charge in [-0.2, -0.15) is 0 Å². The molecule has 2 heterocycles. The average molecular weight is 466 g/mol. The first-order valence-corrected chi connectivity index (χ1v) is 12.3. The van der Waals surface area contributed by atoms with Crippen molar-refractivity contribution < 1.29 is 9.53 Å². The number of likely N-dealkylation sites (N-methyl/N-ethyl adjacent to an activating group) is 1. The molecule has 8 heteroatoms. The molecule has 0 N–H and O–H groups in total. The number of hydrogen-bond acceptors (Lipinski definition) is 6. The van der Waals surface area contributed by atoms with Crippen molar-refractivity contribution in [2.75, 3.05) is 32.7 Å². The molecule has 1 aliphatic heterocycles. The molecule has 1 aromatic heterocycles. The van der Waals surface area contributed by atoms with E-state index in [1.165, 1.54) is 11.8 Å². The fourth-order valence-corrected chi connectivity index (χ4v) is 4.89. The van der Waals surface area contributed by atoms with Crippen molar-refractivity contribution in [1.29, 1.82) is 0 Å². The standard InChI is InChI=1S/C25H31N5O2S/c1-4-28-14-16-29(17-15-28)24(31)20(3)33-25-27-26-23(30(25)21-11-6-5-7-12-21)18-32-22-13-9-8-10-19(22)2/h5-13,20H,4,14-18H2,1-3H3. The molecule has 7 nitrogen and oxygen atoms in total. The van der Waals surface area contributed by atoms with E-state index in [-0.39, 0.29) is 17.8 Å². The van der Waals surface area contributed by atoms with Gasteiger partial charge in [-0.05, 0) is 44.2 Å². The summed E-state index contributed by atoms with van der Waals surface area (Å²) < 4.78 is 8.04. The molecule has 4 rings (SSSR count). The minimum absolute atomic E-state index is 0.149. The molecule has 0 spiro atoms. The number of carbonyl (C=O) groups excluding carboxylic acids is 1. The van der Waals surface area contributed by atoms with Crippen LogP contribution in [0.3, 0.4) is 0 Å². The Bertz CT molecular complexity index is 1060. The molecule has 0 bridgehead atoms. The summed E-state index contributed by atoms with van der Waals surface area (Å²) >= 11 is 1.45. The number of rotatable bonds is 8. The Hall–Kier alpha value is -2.84. The third-order valence-corrected chi connectivity index (χ3v) is 6.96. The molecule has 174 valence electrons. The van der Waals surface area contributed by atoms with Crippen molar-refractivity contribution in [2.45, 2.75) is 37.8 Å². The number of aromatic nitrogens is 3. The first kappa shape index (κ1) is 23.3. The molecule has 0 radical (unpaired) electrons. The Morgan fingerprint density at radius 1 is 1.03 bits per heavy atom. The van der Waals surface area contributed by atoms with Gasteiger partial charge in [0.2, 0.25) is 5.91 Å². The molecule has 1 atom stereocenters. The van der Waals surface area contributed by atoms with Gasteiger partial charge in [0, 0.05) is 31.9 Å². The zero-order valence-electron chi connectivity index (χ0n) is 19.5. The van der Waals surface area contributed by atoms with E-state index < -0.39 is 0 Å². The van der Waals surface area contributed by atoms with Crippen LogP contribution in [-0.2, 0) is 11.4 Å². The van der Waals surface area contributed by atoms with Crippen LogP contribution >= 0.6 is 11.8 Å². The Morgan fingerprint density at radius 2 is 1.73 bits per heavy atom. The fourth-order valence-electron chi connectivity index (χ4n) is 3.92. The second-order valence-electron chi connectivity index (χ2n) is 8.14. The summed E-state index contributed by atoms with van der Waals surface area (Å²) in [5.41, 5.74) is 2.02. The van der Waals surface area contributed by atoms with Gasteiger partial charge in [0.1, 0.15) is 12.4 Å². The fraction of sp³-hybridized carbons (Fsp3) is 0.400. The van der Waals surface area contributed by atoms with E-state index in [9.17, 15) is 4.79 Å². The quantitative estimate of drug-likeness (QED) is 0.472. The summed E-state index contributed by atoms with van der Waals surface area (Å²) in [5, 5.41) is 9.29. The third kappa shape index (κ3) is 5.57. The van der Waals surface area contributed by atoms with E-state index >= 15 is 0 Å². The predicted molar refractivity (Wildman–Crippen MR) is 131 cm³/mol. The van der Waals surface area contributed by atoms with E-state index in [0.29, 0.717) is 11.0 Å². The molecule has 2 aromatic carbocycles.